The van der Waals surface area contributed by atoms with E-state index in [1.165, 1.54) is 6.42 Å². The zero-order valence-electron chi connectivity index (χ0n) is 10.5. The van der Waals surface area contributed by atoms with Gasteiger partial charge in [-0.2, -0.15) is 0 Å². The van der Waals surface area contributed by atoms with Crippen molar-refractivity contribution in [1.29, 1.82) is 0 Å². The van der Waals surface area contributed by atoms with E-state index < -0.39 is 0 Å². The van der Waals surface area contributed by atoms with E-state index in [1.807, 2.05) is 4.90 Å². The number of rotatable bonds is 4. The Morgan fingerprint density at radius 3 is 2.59 bits per heavy atom. The van der Waals surface area contributed by atoms with E-state index in [4.69, 9.17) is 0 Å². The molecule has 2 fully saturated rings. The van der Waals surface area contributed by atoms with Crippen molar-refractivity contribution in [2.75, 3.05) is 26.2 Å². The molecule has 2 rings (SSSR count). The van der Waals surface area contributed by atoms with Gasteiger partial charge in [-0.15, -0.1) is 0 Å². The summed E-state index contributed by atoms with van der Waals surface area (Å²) in [6.45, 7) is 3.06. The number of nitrogens with zero attached hydrogens (tertiary/aromatic N) is 1. The van der Waals surface area contributed by atoms with E-state index >= 15 is 0 Å². The molecule has 1 heterocycles. The van der Waals surface area contributed by atoms with E-state index in [9.17, 15) is 9.90 Å². The lowest BCUT2D eigenvalue weighted by molar-refractivity contribution is -0.129. The van der Waals surface area contributed by atoms with E-state index in [1.54, 1.807) is 0 Å². The summed E-state index contributed by atoms with van der Waals surface area (Å²) in [6, 6.07) is 0. The maximum Gasteiger partial charge on any atom is 0.236 e. The van der Waals surface area contributed by atoms with Crippen molar-refractivity contribution in [3.63, 3.8) is 0 Å². The summed E-state index contributed by atoms with van der Waals surface area (Å²) < 4.78 is 0. The summed E-state index contributed by atoms with van der Waals surface area (Å²) in [4.78, 5) is 13.7. The average molecular weight is 240 g/mol. The first-order chi connectivity index (χ1) is 8.27. The van der Waals surface area contributed by atoms with Gasteiger partial charge in [0.2, 0.25) is 5.91 Å². The highest BCUT2D eigenvalue weighted by Crippen LogP contribution is 2.23. The summed E-state index contributed by atoms with van der Waals surface area (Å²) in [6.07, 6.45) is 6.49. The molecular formula is C13H24N2O2. The summed E-state index contributed by atoms with van der Waals surface area (Å²) in [7, 11) is 0. The lowest BCUT2D eigenvalue weighted by atomic mass is 9.86. The quantitative estimate of drug-likeness (QED) is 0.762. The van der Waals surface area contributed by atoms with E-state index in [-0.39, 0.29) is 12.0 Å². The van der Waals surface area contributed by atoms with Crippen molar-refractivity contribution >= 4 is 5.91 Å². The third-order valence-corrected chi connectivity index (χ3v) is 4.01. The molecule has 0 radical (unpaired) electrons. The molecule has 2 atom stereocenters. The van der Waals surface area contributed by atoms with Crippen LogP contribution < -0.4 is 5.32 Å². The van der Waals surface area contributed by atoms with Gasteiger partial charge in [0.1, 0.15) is 0 Å². The molecule has 1 amide bonds. The standard InChI is InChI=1S/C13H24N2O2/c16-12-6-2-1-5-11(12)9-14-10-13(17)15-7-3-4-8-15/h11-12,14,16H,1-10H2. The molecule has 2 unspecified atom stereocenters. The Hall–Kier alpha value is -0.610. The molecule has 2 aliphatic rings. The molecule has 1 aliphatic heterocycles. The Morgan fingerprint density at radius 1 is 1.18 bits per heavy atom. The Kier molecular flexibility index (Phi) is 4.80. The average Bonchev–Trinajstić information content (AvgIpc) is 2.85. The maximum absolute atomic E-state index is 11.8. The van der Waals surface area contributed by atoms with Gasteiger partial charge in [0.05, 0.1) is 12.6 Å². The predicted molar refractivity (Wildman–Crippen MR) is 66.6 cm³/mol. The van der Waals surface area contributed by atoms with Crippen molar-refractivity contribution in [3.05, 3.63) is 0 Å². The highest BCUT2D eigenvalue weighted by atomic mass is 16.3. The van der Waals surface area contributed by atoms with Gasteiger partial charge in [0.15, 0.2) is 0 Å². The second-order valence-electron chi connectivity index (χ2n) is 5.33. The van der Waals surface area contributed by atoms with Crippen LogP contribution in [0.15, 0.2) is 0 Å². The van der Waals surface area contributed by atoms with Crippen LogP contribution >= 0.6 is 0 Å². The number of aliphatic hydroxyl groups excluding tert-OH is 1. The second kappa shape index (κ2) is 6.36. The van der Waals surface area contributed by atoms with Crippen molar-refractivity contribution in [2.24, 2.45) is 5.92 Å². The van der Waals surface area contributed by atoms with Gasteiger partial charge < -0.3 is 15.3 Å². The van der Waals surface area contributed by atoms with Gasteiger partial charge in [0, 0.05) is 19.6 Å². The van der Waals surface area contributed by atoms with Crippen LogP contribution in [0.2, 0.25) is 0 Å². The lowest BCUT2D eigenvalue weighted by Crippen LogP contribution is -2.40. The van der Waals surface area contributed by atoms with Gasteiger partial charge in [-0.3, -0.25) is 4.79 Å². The van der Waals surface area contributed by atoms with Crippen LogP contribution in [0.25, 0.3) is 0 Å². The third-order valence-electron chi connectivity index (χ3n) is 4.01. The minimum Gasteiger partial charge on any atom is -0.393 e. The number of likely N-dealkylation sites (tertiary alicyclic amines) is 1. The molecular weight excluding hydrogens is 216 g/mol. The van der Waals surface area contributed by atoms with Gasteiger partial charge in [-0.25, -0.2) is 0 Å². The van der Waals surface area contributed by atoms with Crippen LogP contribution in [0, 0.1) is 5.92 Å². The first kappa shape index (κ1) is 12.8. The fraction of sp³-hybridized carbons (Fsp3) is 0.923. The summed E-state index contributed by atoms with van der Waals surface area (Å²) in [5.41, 5.74) is 0. The van der Waals surface area contributed by atoms with E-state index in [0.717, 1.165) is 51.7 Å². The van der Waals surface area contributed by atoms with E-state index in [2.05, 4.69) is 5.32 Å². The molecule has 98 valence electrons. The number of nitrogens with one attached hydrogen (secondary N) is 1. The summed E-state index contributed by atoms with van der Waals surface area (Å²) >= 11 is 0. The van der Waals surface area contributed by atoms with Crippen LogP contribution in [0.1, 0.15) is 38.5 Å². The summed E-state index contributed by atoms with van der Waals surface area (Å²) in [5, 5.41) is 13.0. The molecule has 0 aromatic carbocycles. The summed E-state index contributed by atoms with van der Waals surface area (Å²) in [5.74, 6) is 0.558. The van der Waals surface area contributed by atoms with Gasteiger partial charge in [0.25, 0.3) is 0 Å². The molecule has 17 heavy (non-hydrogen) atoms. The van der Waals surface area contributed by atoms with Crippen LogP contribution in [-0.2, 0) is 4.79 Å². The fourth-order valence-electron chi connectivity index (χ4n) is 2.87. The predicted octanol–water partition coefficient (Wildman–Crippen LogP) is 0.749. The first-order valence-corrected chi connectivity index (χ1v) is 6.94. The molecule has 1 saturated heterocycles. The second-order valence-corrected chi connectivity index (χ2v) is 5.33. The number of carbonyl (C=O) groups is 1. The molecule has 4 heteroatoms. The Bertz CT molecular complexity index is 252. The number of hydrogen-bond acceptors (Lipinski definition) is 3. The Balaban J connectivity index is 1.63. The van der Waals surface area contributed by atoms with E-state index in [0.29, 0.717) is 12.5 Å². The fourth-order valence-corrected chi connectivity index (χ4v) is 2.87. The Labute approximate surface area is 103 Å². The molecule has 4 nitrogen and oxygen atoms in total. The molecule has 0 bridgehead atoms. The van der Waals surface area contributed by atoms with Crippen LogP contribution in [0.3, 0.4) is 0 Å². The molecule has 0 spiro atoms. The number of aliphatic hydroxyl groups is 1. The van der Waals surface area contributed by atoms with Crippen LogP contribution in [0.5, 0.6) is 0 Å². The normalized spacial score (nSPS) is 29.6. The largest absolute Gasteiger partial charge is 0.393 e. The van der Waals surface area contributed by atoms with Crippen LogP contribution in [0.4, 0.5) is 0 Å². The molecule has 0 aromatic heterocycles. The van der Waals surface area contributed by atoms with Crippen molar-refractivity contribution in [1.82, 2.24) is 10.2 Å². The lowest BCUT2D eigenvalue weighted by Gasteiger charge is -2.27. The number of hydrogen-bond donors (Lipinski definition) is 2. The zero-order valence-corrected chi connectivity index (χ0v) is 10.5. The van der Waals surface area contributed by atoms with Gasteiger partial charge in [-0.1, -0.05) is 12.8 Å². The maximum atomic E-state index is 11.8. The third kappa shape index (κ3) is 3.68. The molecule has 2 N–H and O–H groups in total. The minimum atomic E-state index is -0.168. The molecule has 1 saturated carbocycles. The molecule has 0 aromatic rings. The number of amides is 1. The highest BCUT2D eigenvalue weighted by molar-refractivity contribution is 5.78. The highest BCUT2D eigenvalue weighted by Gasteiger charge is 2.23. The van der Waals surface area contributed by atoms with Crippen molar-refractivity contribution in [2.45, 2.75) is 44.6 Å². The van der Waals surface area contributed by atoms with Crippen molar-refractivity contribution < 1.29 is 9.90 Å². The number of carbonyl (C=O) groups excluding carboxylic acids is 1. The molecule has 1 aliphatic carbocycles. The smallest absolute Gasteiger partial charge is 0.236 e. The van der Waals surface area contributed by atoms with Crippen molar-refractivity contribution in [3.8, 4) is 0 Å². The monoisotopic (exact) mass is 240 g/mol. The van der Waals surface area contributed by atoms with Gasteiger partial charge >= 0.3 is 0 Å². The van der Waals surface area contributed by atoms with Crippen LogP contribution in [-0.4, -0.2) is 48.2 Å². The van der Waals surface area contributed by atoms with Gasteiger partial charge in [-0.05, 0) is 31.6 Å². The topological polar surface area (TPSA) is 52.6 Å². The first-order valence-electron chi connectivity index (χ1n) is 6.94. The Morgan fingerprint density at radius 2 is 1.88 bits per heavy atom. The SMILES string of the molecule is O=C(CNCC1CCCCC1O)N1CCCC1. The minimum absolute atomic E-state index is 0.168. The zero-order chi connectivity index (χ0) is 12.1.